The number of H-pyrrole nitrogens is 1. The van der Waals surface area contributed by atoms with Gasteiger partial charge in [-0.05, 0) is 70.8 Å². The number of aromatic amines is 1. The molecule has 0 spiro atoms. The molecule has 5 aliphatic rings. The third-order valence-corrected chi connectivity index (χ3v) is 10.8. The molecule has 4 heterocycles. The minimum Gasteiger partial charge on any atom is -0.448 e. The van der Waals surface area contributed by atoms with E-state index in [1.165, 1.54) is 11.8 Å². The van der Waals surface area contributed by atoms with Gasteiger partial charge in [0.1, 0.15) is 0 Å². The molecule has 2 bridgehead atoms. The number of thioether (sulfide) groups is 1. The Morgan fingerprint density at radius 1 is 1.14 bits per heavy atom. The number of nitrogens with one attached hydrogen (secondary N) is 3. The number of halogens is 1. The third-order valence-electron chi connectivity index (χ3n) is 9.72. The number of hydrogen-bond donors (Lipinski definition) is 3. The lowest BCUT2D eigenvalue weighted by molar-refractivity contribution is -0.129. The Kier molecular flexibility index (Phi) is 7.55. The topological polar surface area (TPSA) is 113 Å². The van der Waals surface area contributed by atoms with Crippen molar-refractivity contribution in [3.8, 4) is 11.5 Å². The second-order valence-corrected chi connectivity index (χ2v) is 13.9. The Labute approximate surface area is 255 Å². The van der Waals surface area contributed by atoms with Crippen molar-refractivity contribution in [2.45, 2.75) is 101 Å². The van der Waals surface area contributed by atoms with Crippen molar-refractivity contribution in [1.29, 1.82) is 0 Å². The van der Waals surface area contributed by atoms with Crippen LogP contribution in [0.15, 0.2) is 21.8 Å². The first-order valence-electron chi connectivity index (χ1n) is 14.7. The summed E-state index contributed by atoms with van der Waals surface area (Å²) in [5.74, 6) is 0.107. The van der Waals surface area contributed by atoms with Gasteiger partial charge < -0.3 is 30.0 Å². The number of nitrogens with zero attached hydrogens (tertiary/aromatic N) is 1. The molecule has 2 amide bonds. The minimum absolute atomic E-state index is 0.0832. The van der Waals surface area contributed by atoms with Gasteiger partial charge in [0.05, 0.1) is 5.02 Å². The molecule has 2 aliphatic carbocycles. The first-order chi connectivity index (χ1) is 19.9. The number of hydrogen-bond acceptors (Lipinski definition) is 7. The highest BCUT2D eigenvalue weighted by molar-refractivity contribution is 7.98. The zero-order valence-electron chi connectivity index (χ0n) is 24.8. The maximum Gasteiger partial charge on any atom is 0.254 e. The summed E-state index contributed by atoms with van der Waals surface area (Å²) in [6.07, 6.45) is 7.90. The largest absolute Gasteiger partial charge is 0.448 e. The molecule has 4 fully saturated rings. The van der Waals surface area contributed by atoms with Crippen LogP contribution >= 0.6 is 23.4 Å². The second-order valence-electron chi connectivity index (χ2n) is 12.6. The predicted octanol–water partition coefficient (Wildman–Crippen LogP) is 4.70. The molecule has 9 nitrogen and oxygen atoms in total. The second kappa shape index (κ2) is 10.8. The summed E-state index contributed by atoms with van der Waals surface area (Å²) in [5, 5.41) is 7.11. The van der Waals surface area contributed by atoms with Crippen molar-refractivity contribution < 1.29 is 19.1 Å². The number of benzene rings is 1. The van der Waals surface area contributed by atoms with Gasteiger partial charge in [0.25, 0.3) is 17.3 Å². The van der Waals surface area contributed by atoms with Gasteiger partial charge in [-0.1, -0.05) is 11.6 Å². The zero-order chi connectivity index (χ0) is 30.0. The van der Waals surface area contributed by atoms with Gasteiger partial charge in [0, 0.05) is 77.8 Å². The van der Waals surface area contributed by atoms with E-state index in [1.807, 2.05) is 38.0 Å². The quantitative estimate of drug-likeness (QED) is 0.388. The Balaban J connectivity index is 1.10. The molecule has 1 aromatic heterocycles. The van der Waals surface area contributed by atoms with E-state index in [4.69, 9.17) is 21.1 Å². The van der Waals surface area contributed by atoms with Crippen LogP contribution in [0.25, 0.3) is 0 Å². The number of amides is 2. The van der Waals surface area contributed by atoms with E-state index in [0.29, 0.717) is 45.3 Å². The third kappa shape index (κ3) is 5.09. The number of rotatable bonds is 7. The maximum atomic E-state index is 13.3. The van der Waals surface area contributed by atoms with Crippen molar-refractivity contribution in [3.63, 3.8) is 0 Å². The fourth-order valence-electron chi connectivity index (χ4n) is 7.42. The van der Waals surface area contributed by atoms with Crippen molar-refractivity contribution >= 4 is 35.2 Å². The molecule has 1 unspecified atom stereocenters. The summed E-state index contributed by atoms with van der Waals surface area (Å²) in [7, 11) is 0. The van der Waals surface area contributed by atoms with E-state index >= 15 is 0 Å². The number of ether oxygens (including phenoxy) is 2. The Hall–Kier alpha value is -2.69. The van der Waals surface area contributed by atoms with Crippen LogP contribution in [0.1, 0.15) is 79.6 Å². The van der Waals surface area contributed by atoms with Crippen LogP contribution in [0.3, 0.4) is 0 Å². The molecule has 3 aliphatic heterocycles. The van der Waals surface area contributed by atoms with Crippen molar-refractivity contribution in [2.24, 2.45) is 5.92 Å². The SMILES string of the molecule is CSc1cc(C)[nH]c(=O)c1CNC(=O)c1cc(Cl)c2c(c1C)OC(C)(C1CCC(NC34CC(C3)N(C(C)=O)C4)CC1)O2. The summed E-state index contributed by atoms with van der Waals surface area (Å²) in [4.78, 5) is 43.4. The molecule has 11 heteroatoms. The van der Waals surface area contributed by atoms with E-state index < -0.39 is 5.79 Å². The Bertz CT molecular complexity index is 1500. The molecule has 2 saturated carbocycles. The van der Waals surface area contributed by atoms with Crippen LogP contribution in [0.2, 0.25) is 5.02 Å². The molecule has 7 rings (SSSR count). The maximum absolute atomic E-state index is 13.3. The molecular formula is C31H39ClN4O5S. The van der Waals surface area contributed by atoms with E-state index in [1.54, 1.807) is 13.0 Å². The standard InChI is InChI=1S/C31H39ClN4O5S/c1-16-10-25(42-5)23(29(39)34-16)14-33-28(38)22-11-24(32)27-26(17(22)2)40-30(4,41-27)19-6-8-20(9-7-19)35-31-12-21(13-31)36(15-31)18(3)37/h10-11,19-21,35H,6-9,12-15H2,1-5H3,(H,33,38)(H,34,39). The monoisotopic (exact) mass is 614 g/mol. The summed E-state index contributed by atoms with van der Waals surface area (Å²) < 4.78 is 12.9. The smallest absolute Gasteiger partial charge is 0.254 e. The molecule has 0 radical (unpaired) electrons. The number of carbonyl (C=O) groups is 2. The van der Waals surface area contributed by atoms with Gasteiger partial charge in [-0.3, -0.25) is 14.4 Å². The van der Waals surface area contributed by atoms with Gasteiger partial charge in [-0.15, -0.1) is 11.8 Å². The molecular weight excluding hydrogens is 576 g/mol. The van der Waals surface area contributed by atoms with Gasteiger partial charge >= 0.3 is 0 Å². The predicted molar refractivity (Wildman–Crippen MR) is 163 cm³/mol. The summed E-state index contributed by atoms with van der Waals surface area (Å²) in [6.45, 7) is 8.22. The zero-order valence-corrected chi connectivity index (χ0v) is 26.4. The lowest BCUT2D eigenvalue weighted by Gasteiger charge is -2.43. The lowest BCUT2D eigenvalue weighted by Crippen LogP contribution is -2.57. The van der Waals surface area contributed by atoms with E-state index in [-0.39, 0.29) is 35.4 Å². The normalized spacial score (nSPS) is 29.4. The van der Waals surface area contributed by atoms with E-state index in [2.05, 4.69) is 15.6 Å². The van der Waals surface area contributed by atoms with Crippen LogP contribution in [0.5, 0.6) is 11.5 Å². The summed E-state index contributed by atoms with van der Waals surface area (Å²) in [6, 6.07) is 4.34. The van der Waals surface area contributed by atoms with Crippen molar-refractivity contribution in [2.75, 3.05) is 12.8 Å². The molecule has 1 atom stereocenters. The van der Waals surface area contributed by atoms with E-state index in [0.717, 1.165) is 55.7 Å². The van der Waals surface area contributed by atoms with Gasteiger partial charge in [-0.25, -0.2) is 0 Å². The number of carbonyl (C=O) groups excluding carboxylic acids is 2. The average Bonchev–Trinajstić information content (AvgIpc) is 3.60. The molecule has 2 aromatic rings. The Morgan fingerprint density at radius 3 is 2.48 bits per heavy atom. The number of fused-ring (bicyclic) bond motifs is 2. The summed E-state index contributed by atoms with van der Waals surface area (Å²) >= 11 is 8.13. The molecule has 1 aromatic carbocycles. The fraction of sp³-hybridized carbons (Fsp3) is 0.581. The Morgan fingerprint density at radius 2 is 1.83 bits per heavy atom. The van der Waals surface area contributed by atoms with Crippen LogP contribution in [-0.4, -0.2) is 57.9 Å². The molecule has 226 valence electrons. The van der Waals surface area contributed by atoms with Crippen molar-refractivity contribution in [3.05, 3.63) is 49.9 Å². The molecule has 2 saturated heterocycles. The first kappa shape index (κ1) is 29.4. The fourth-order valence-corrected chi connectivity index (χ4v) is 8.36. The lowest BCUT2D eigenvalue weighted by atomic mass is 9.75. The van der Waals surface area contributed by atoms with Crippen LogP contribution in [-0.2, 0) is 11.3 Å². The van der Waals surface area contributed by atoms with Crippen LogP contribution < -0.4 is 25.7 Å². The molecule has 3 N–H and O–H groups in total. The highest BCUT2D eigenvalue weighted by Gasteiger charge is 2.57. The van der Waals surface area contributed by atoms with Gasteiger partial charge in [0.15, 0.2) is 11.5 Å². The highest BCUT2D eigenvalue weighted by Crippen LogP contribution is 2.52. The van der Waals surface area contributed by atoms with E-state index in [9.17, 15) is 14.4 Å². The molecule has 42 heavy (non-hydrogen) atoms. The number of aryl methyl sites for hydroxylation is 1. The first-order valence-corrected chi connectivity index (χ1v) is 16.3. The van der Waals surface area contributed by atoms with Crippen LogP contribution in [0.4, 0.5) is 0 Å². The van der Waals surface area contributed by atoms with Gasteiger partial charge in [0.2, 0.25) is 5.91 Å². The van der Waals surface area contributed by atoms with Crippen molar-refractivity contribution in [1.82, 2.24) is 20.5 Å². The summed E-state index contributed by atoms with van der Waals surface area (Å²) in [5.41, 5.74) is 2.21. The van der Waals surface area contributed by atoms with Crippen LogP contribution in [0, 0.1) is 19.8 Å². The highest BCUT2D eigenvalue weighted by atomic mass is 35.5. The number of aromatic nitrogens is 1. The van der Waals surface area contributed by atoms with Gasteiger partial charge in [-0.2, -0.15) is 0 Å². The minimum atomic E-state index is -0.877. The average molecular weight is 615 g/mol. The number of pyridine rings is 1.